The van der Waals surface area contributed by atoms with Crippen molar-refractivity contribution in [1.82, 2.24) is 0 Å². The van der Waals surface area contributed by atoms with Gasteiger partial charge in [0.1, 0.15) is 0 Å². The van der Waals surface area contributed by atoms with E-state index in [-0.39, 0.29) is 5.97 Å². The van der Waals surface area contributed by atoms with Crippen LogP contribution in [0, 0.1) is 0 Å². The molecule has 116 valence electrons. The van der Waals surface area contributed by atoms with E-state index in [4.69, 9.17) is 4.74 Å². The van der Waals surface area contributed by atoms with E-state index >= 15 is 0 Å². The first-order valence-corrected chi connectivity index (χ1v) is 8.16. The van der Waals surface area contributed by atoms with Gasteiger partial charge in [-0.3, -0.25) is 4.79 Å². The summed E-state index contributed by atoms with van der Waals surface area (Å²) in [5.41, 5.74) is 4.51. The fourth-order valence-corrected chi connectivity index (χ4v) is 4.04. The number of carbonyl (C=O) groups excluding carboxylic acids is 1. The molecular formula is C21H20O2. The molecule has 0 spiro atoms. The highest BCUT2D eigenvalue weighted by Gasteiger charge is 2.38. The lowest BCUT2D eigenvalue weighted by Crippen LogP contribution is -2.45. The molecule has 2 aromatic rings. The van der Waals surface area contributed by atoms with E-state index in [1.54, 1.807) is 0 Å². The molecule has 1 atom stereocenters. The third-order valence-corrected chi connectivity index (χ3v) is 5.34. The van der Waals surface area contributed by atoms with Crippen molar-refractivity contribution in [1.29, 1.82) is 0 Å². The molecule has 2 aliphatic rings. The molecule has 2 nitrogen and oxygen atoms in total. The molecule has 2 heteroatoms. The molecule has 4 rings (SSSR count). The van der Waals surface area contributed by atoms with Crippen LogP contribution in [0.25, 0.3) is 23.3 Å². The maximum Gasteiger partial charge on any atom is 0.316 e. The second-order valence-electron chi connectivity index (χ2n) is 6.62. The number of esters is 1. The summed E-state index contributed by atoms with van der Waals surface area (Å²) in [6, 6.07) is 12.9. The molecule has 0 aliphatic heterocycles. The summed E-state index contributed by atoms with van der Waals surface area (Å²) >= 11 is 0. The minimum absolute atomic E-state index is 0.136. The van der Waals surface area contributed by atoms with Crippen LogP contribution >= 0.6 is 0 Å². The van der Waals surface area contributed by atoms with Gasteiger partial charge in [0.25, 0.3) is 0 Å². The van der Waals surface area contributed by atoms with Gasteiger partial charge in [-0.1, -0.05) is 48.6 Å². The van der Waals surface area contributed by atoms with E-state index in [9.17, 15) is 4.79 Å². The van der Waals surface area contributed by atoms with Crippen molar-refractivity contribution in [2.45, 2.75) is 31.6 Å². The Labute approximate surface area is 136 Å². The van der Waals surface area contributed by atoms with Gasteiger partial charge in [-0.05, 0) is 58.9 Å². The topological polar surface area (TPSA) is 26.3 Å². The van der Waals surface area contributed by atoms with Gasteiger partial charge < -0.3 is 4.74 Å². The Morgan fingerprint density at radius 3 is 2.70 bits per heavy atom. The van der Waals surface area contributed by atoms with Gasteiger partial charge in [-0.25, -0.2) is 0 Å². The number of rotatable bonds is 1. The van der Waals surface area contributed by atoms with Crippen LogP contribution in [-0.2, 0) is 21.4 Å². The van der Waals surface area contributed by atoms with Crippen LogP contribution in [0.2, 0.25) is 0 Å². The number of hydrogen-bond acceptors (Lipinski definition) is 2. The van der Waals surface area contributed by atoms with Crippen molar-refractivity contribution in [2.24, 2.45) is 0 Å². The first kappa shape index (κ1) is 14.3. The molecule has 2 aromatic carbocycles. The number of ether oxygens (including phenoxy) is 1. The molecule has 0 saturated carbocycles. The molecule has 2 aliphatic carbocycles. The Bertz CT molecular complexity index is 923. The van der Waals surface area contributed by atoms with E-state index in [1.165, 1.54) is 34.2 Å². The quantitative estimate of drug-likeness (QED) is 0.757. The molecule has 1 unspecified atom stereocenters. The molecule has 0 heterocycles. The Balaban J connectivity index is 2.00. The van der Waals surface area contributed by atoms with Crippen molar-refractivity contribution in [3.05, 3.63) is 58.0 Å². The minimum Gasteiger partial charge on any atom is -0.468 e. The Hall–Kier alpha value is -2.35. The summed E-state index contributed by atoms with van der Waals surface area (Å²) in [5.74, 6) is -0.136. The van der Waals surface area contributed by atoms with Gasteiger partial charge in [-0.15, -0.1) is 0 Å². The lowest BCUT2D eigenvalue weighted by atomic mass is 9.73. The highest BCUT2D eigenvalue weighted by atomic mass is 16.5. The van der Waals surface area contributed by atoms with Crippen LogP contribution in [0.15, 0.2) is 36.4 Å². The van der Waals surface area contributed by atoms with Gasteiger partial charge in [0.05, 0.1) is 12.5 Å². The predicted molar refractivity (Wildman–Crippen MR) is 92.4 cm³/mol. The van der Waals surface area contributed by atoms with Gasteiger partial charge in [0.15, 0.2) is 0 Å². The molecule has 0 bridgehead atoms. The first-order valence-electron chi connectivity index (χ1n) is 8.16. The average molecular weight is 304 g/mol. The zero-order chi connectivity index (χ0) is 16.0. The Kier molecular flexibility index (Phi) is 3.15. The molecule has 0 amide bonds. The summed E-state index contributed by atoms with van der Waals surface area (Å²) in [6.45, 7) is 2.01. The molecule has 0 fully saturated rings. The van der Waals surface area contributed by atoms with Gasteiger partial charge in [0.2, 0.25) is 0 Å². The fourth-order valence-electron chi connectivity index (χ4n) is 4.04. The van der Waals surface area contributed by atoms with Crippen molar-refractivity contribution < 1.29 is 9.53 Å². The number of methoxy groups -OCH3 is 1. The Morgan fingerprint density at radius 1 is 1.04 bits per heavy atom. The third-order valence-electron chi connectivity index (χ3n) is 5.34. The van der Waals surface area contributed by atoms with Crippen molar-refractivity contribution in [3.8, 4) is 11.1 Å². The molecule has 0 N–H and O–H groups in total. The highest BCUT2D eigenvalue weighted by Crippen LogP contribution is 2.32. The Morgan fingerprint density at radius 2 is 1.87 bits per heavy atom. The van der Waals surface area contributed by atoms with E-state index in [0.29, 0.717) is 0 Å². The van der Waals surface area contributed by atoms with Gasteiger partial charge in [0, 0.05) is 0 Å². The molecule has 0 aromatic heterocycles. The second-order valence-corrected chi connectivity index (χ2v) is 6.62. The normalized spacial score (nSPS) is 21.1. The molecule has 0 radical (unpaired) electrons. The fraction of sp³-hybridized carbons (Fsp3) is 0.286. The highest BCUT2D eigenvalue weighted by molar-refractivity contribution is 5.84. The van der Waals surface area contributed by atoms with Crippen LogP contribution in [0.4, 0.5) is 0 Å². The lowest BCUT2D eigenvalue weighted by molar-refractivity contribution is -0.147. The standard InChI is InChI=1S/C21H20O2/c1-21(20(22)23-2)13-5-8-18-17-10-9-14-6-3-4-7-15(14)16(17)11-12-19(18)21/h3-4,6-8,10-12H,5,9,13H2,1-2H3. The summed E-state index contributed by atoms with van der Waals surface area (Å²) in [5, 5.41) is 2.49. The van der Waals surface area contributed by atoms with Crippen molar-refractivity contribution in [2.75, 3.05) is 7.11 Å². The van der Waals surface area contributed by atoms with Gasteiger partial charge >= 0.3 is 5.97 Å². The van der Waals surface area contributed by atoms with E-state index in [1.807, 2.05) is 6.92 Å². The number of fused-ring (bicyclic) bond motifs is 5. The largest absolute Gasteiger partial charge is 0.468 e. The SMILES string of the molecule is COC(=O)C1(C)CCC=c2c1ccc1c2=CCc2ccccc2-1. The van der Waals surface area contributed by atoms with Crippen LogP contribution in [0.3, 0.4) is 0 Å². The number of benzene rings is 2. The minimum atomic E-state index is -0.543. The second kappa shape index (κ2) is 5.09. The smallest absolute Gasteiger partial charge is 0.316 e. The molecule has 23 heavy (non-hydrogen) atoms. The zero-order valence-electron chi connectivity index (χ0n) is 13.6. The number of carbonyl (C=O) groups is 1. The third kappa shape index (κ3) is 1.98. The monoisotopic (exact) mass is 304 g/mol. The molecule has 0 saturated heterocycles. The summed E-state index contributed by atoms with van der Waals surface area (Å²) in [7, 11) is 1.48. The summed E-state index contributed by atoms with van der Waals surface area (Å²) < 4.78 is 5.09. The summed E-state index contributed by atoms with van der Waals surface area (Å²) in [4.78, 5) is 12.4. The predicted octanol–water partition coefficient (Wildman–Crippen LogP) is 2.70. The lowest BCUT2D eigenvalue weighted by Gasteiger charge is -2.31. The van der Waals surface area contributed by atoms with Gasteiger partial charge in [-0.2, -0.15) is 0 Å². The molecular weight excluding hydrogens is 284 g/mol. The van der Waals surface area contributed by atoms with Crippen LogP contribution < -0.4 is 10.4 Å². The van der Waals surface area contributed by atoms with Crippen molar-refractivity contribution >= 4 is 18.1 Å². The average Bonchev–Trinajstić information content (AvgIpc) is 2.60. The van der Waals surface area contributed by atoms with Crippen LogP contribution in [-0.4, -0.2) is 13.1 Å². The van der Waals surface area contributed by atoms with E-state index in [2.05, 4.69) is 48.6 Å². The maximum atomic E-state index is 12.4. The number of hydrogen-bond donors (Lipinski definition) is 0. The zero-order valence-corrected chi connectivity index (χ0v) is 13.6. The van der Waals surface area contributed by atoms with E-state index < -0.39 is 5.41 Å². The van der Waals surface area contributed by atoms with Crippen molar-refractivity contribution in [3.63, 3.8) is 0 Å². The maximum absolute atomic E-state index is 12.4. The summed E-state index contributed by atoms with van der Waals surface area (Å²) in [6.07, 6.45) is 7.24. The first-order chi connectivity index (χ1) is 11.1. The van der Waals surface area contributed by atoms with E-state index in [0.717, 1.165) is 24.8 Å². The van der Waals surface area contributed by atoms with Crippen LogP contribution in [0.1, 0.15) is 30.9 Å². The van der Waals surface area contributed by atoms with Crippen LogP contribution in [0.5, 0.6) is 0 Å².